The molecule has 1 N–H and O–H groups in total. The molecule has 1 atom stereocenters. The summed E-state index contributed by atoms with van der Waals surface area (Å²) in [6.07, 6.45) is 0.911. The SMILES string of the molecule is CCOc1ccc(S(=O)(=O)N(CC(=O)N(CCc2ccccc2)C(CC)C(=O)NC)c2ccccc2)cc1. The number of likely N-dealkylation sites (N-methyl/N-ethyl adjacent to an activating group) is 1. The van der Waals surface area contributed by atoms with Crippen LogP contribution in [0, 0.1) is 0 Å². The summed E-state index contributed by atoms with van der Waals surface area (Å²) in [4.78, 5) is 28.0. The Balaban J connectivity index is 1.96. The van der Waals surface area contributed by atoms with Crippen molar-refractivity contribution in [3.63, 3.8) is 0 Å². The Bertz CT molecular complexity index is 1280. The Hall–Kier alpha value is -3.85. The predicted molar refractivity (Wildman–Crippen MR) is 149 cm³/mol. The molecule has 0 saturated carbocycles. The first-order valence-corrected chi connectivity index (χ1v) is 14.1. The Kier molecular flexibility index (Phi) is 10.3. The highest BCUT2D eigenvalue weighted by Gasteiger charge is 2.33. The maximum atomic E-state index is 13.8. The second kappa shape index (κ2) is 13.6. The first kappa shape index (κ1) is 28.7. The lowest BCUT2D eigenvalue weighted by atomic mass is 10.1. The Morgan fingerprint density at radius 1 is 0.895 bits per heavy atom. The van der Waals surface area contributed by atoms with E-state index in [1.165, 1.54) is 24.1 Å². The average Bonchev–Trinajstić information content (AvgIpc) is 2.95. The molecule has 0 aromatic heterocycles. The maximum absolute atomic E-state index is 13.8. The number of hydrogen-bond donors (Lipinski definition) is 1. The summed E-state index contributed by atoms with van der Waals surface area (Å²) < 4.78 is 34.1. The summed E-state index contributed by atoms with van der Waals surface area (Å²) in [5.74, 6) is -0.207. The zero-order chi connectivity index (χ0) is 27.5. The second-order valence-corrected chi connectivity index (χ2v) is 10.5. The van der Waals surface area contributed by atoms with E-state index in [0.717, 1.165) is 9.87 Å². The van der Waals surface area contributed by atoms with Gasteiger partial charge < -0.3 is 15.0 Å². The van der Waals surface area contributed by atoms with Crippen molar-refractivity contribution in [1.82, 2.24) is 10.2 Å². The number of nitrogens with zero attached hydrogens (tertiary/aromatic N) is 2. The summed E-state index contributed by atoms with van der Waals surface area (Å²) in [7, 11) is -2.58. The van der Waals surface area contributed by atoms with Crippen molar-refractivity contribution in [3.05, 3.63) is 90.5 Å². The molecule has 0 radical (unpaired) electrons. The van der Waals surface area contributed by atoms with Crippen molar-refractivity contribution in [1.29, 1.82) is 0 Å². The fourth-order valence-corrected chi connectivity index (χ4v) is 5.60. The quantitative estimate of drug-likeness (QED) is 0.357. The van der Waals surface area contributed by atoms with E-state index in [-0.39, 0.29) is 17.3 Å². The Labute approximate surface area is 225 Å². The molecular formula is C29H35N3O5S. The van der Waals surface area contributed by atoms with Crippen LogP contribution in [0.3, 0.4) is 0 Å². The Morgan fingerprint density at radius 2 is 1.50 bits per heavy atom. The third-order valence-corrected chi connectivity index (χ3v) is 7.95. The van der Waals surface area contributed by atoms with Gasteiger partial charge in [0.2, 0.25) is 11.8 Å². The van der Waals surface area contributed by atoms with E-state index < -0.39 is 28.5 Å². The topological polar surface area (TPSA) is 96.0 Å². The van der Waals surface area contributed by atoms with Crippen LogP contribution in [0.4, 0.5) is 5.69 Å². The molecule has 3 rings (SSSR count). The standard InChI is InChI=1S/C29H35N3O5S/c1-4-27(29(34)30-3)31(21-20-23-12-8-6-9-13-23)28(33)22-32(24-14-10-7-11-15-24)38(35,36)26-18-16-25(17-19-26)37-5-2/h6-19,27H,4-5,20-22H2,1-3H3,(H,30,34). The number of carbonyl (C=O) groups is 2. The number of amides is 2. The van der Waals surface area contributed by atoms with Gasteiger partial charge in [-0.15, -0.1) is 0 Å². The third-order valence-electron chi connectivity index (χ3n) is 6.16. The minimum atomic E-state index is -4.11. The third kappa shape index (κ3) is 7.13. The molecule has 0 heterocycles. The van der Waals surface area contributed by atoms with Crippen molar-refractivity contribution in [2.45, 2.75) is 37.6 Å². The van der Waals surface area contributed by atoms with E-state index >= 15 is 0 Å². The zero-order valence-electron chi connectivity index (χ0n) is 22.0. The van der Waals surface area contributed by atoms with Gasteiger partial charge in [-0.3, -0.25) is 13.9 Å². The van der Waals surface area contributed by atoms with Crippen molar-refractivity contribution >= 4 is 27.5 Å². The number of para-hydroxylation sites is 1. The minimum absolute atomic E-state index is 0.0341. The minimum Gasteiger partial charge on any atom is -0.494 e. The highest BCUT2D eigenvalue weighted by molar-refractivity contribution is 7.92. The second-order valence-electron chi connectivity index (χ2n) is 8.61. The molecule has 0 saturated heterocycles. The number of benzene rings is 3. The number of nitrogens with one attached hydrogen (secondary N) is 1. The normalized spacial score (nSPS) is 11.9. The van der Waals surface area contributed by atoms with Gasteiger partial charge in [-0.25, -0.2) is 8.42 Å². The lowest BCUT2D eigenvalue weighted by Crippen LogP contribution is -2.52. The van der Waals surface area contributed by atoms with Crippen LogP contribution in [0.2, 0.25) is 0 Å². The van der Waals surface area contributed by atoms with E-state index in [9.17, 15) is 18.0 Å². The molecule has 0 fully saturated rings. The number of sulfonamides is 1. The molecule has 9 heteroatoms. The number of hydrogen-bond acceptors (Lipinski definition) is 5. The van der Waals surface area contributed by atoms with Crippen LogP contribution in [0.25, 0.3) is 0 Å². The van der Waals surface area contributed by atoms with E-state index in [4.69, 9.17) is 4.74 Å². The molecule has 8 nitrogen and oxygen atoms in total. The van der Waals surface area contributed by atoms with Crippen LogP contribution >= 0.6 is 0 Å². The van der Waals surface area contributed by atoms with Gasteiger partial charge in [0.05, 0.1) is 17.2 Å². The van der Waals surface area contributed by atoms with E-state index in [2.05, 4.69) is 5.32 Å². The average molecular weight is 538 g/mol. The molecule has 0 aliphatic rings. The summed E-state index contributed by atoms with van der Waals surface area (Å²) in [5, 5.41) is 2.63. The van der Waals surface area contributed by atoms with Gasteiger partial charge in [-0.05, 0) is 61.7 Å². The lowest BCUT2D eigenvalue weighted by Gasteiger charge is -2.33. The van der Waals surface area contributed by atoms with Crippen LogP contribution in [0.5, 0.6) is 5.75 Å². The van der Waals surface area contributed by atoms with Gasteiger partial charge in [0.15, 0.2) is 0 Å². The number of ether oxygens (including phenoxy) is 1. The van der Waals surface area contributed by atoms with Gasteiger partial charge in [0, 0.05) is 13.6 Å². The van der Waals surface area contributed by atoms with Crippen LogP contribution < -0.4 is 14.4 Å². The predicted octanol–water partition coefficient (Wildman–Crippen LogP) is 3.88. The molecule has 1 unspecified atom stereocenters. The van der Waals surface area contributed by atoms with Gasteiger partial charge in [-0.2, -0.15) is 0 Å². The molecule has 0 bridgehead atoms. The molecule has 2 amide bonds. The van der Waals surface area contributed by atoms with Crippen molar-refractivity contribution in [2.75, 3.05) is 31.0 Å². The fourth-order valence-electron chi connectivity index (χ4n) is 4.19. The number of rotatable bonds is 13. The van der Waals surface area contributed by atoms with Crippen LogP contribution in [0.15, 0.2) is 89.8 Å². The van der Waals surface area contributed by atoms with Crippen LogP contribution in [0.1, 0.15) is 25.8 Å². The monoisotopic (exact) mass is 537 g/mol. The van der Waals surface area contributed by atoms with Gasteiger partial charge >= 0.3 is 0 Å². The van der Waals surface area contributed by atoms with Crippen molar-refractivity contribution in [2.24, 2.45) is 0 Å². The number of anilines is 1. The largest absolute Gasteiger partial charge is 0.494 e. The summed E-state index contributed by atoms with van der Waals surface area (Å²) >= 11 is 0. The highest BCUT2D eigenvalue weighted by Crippen LogP contribution is 2.25. The summed E-state index contributed by atoms with van der Waals surface area (Å²) in [6.45, 7) is 3.94. The van der Waals surface area contributed by atoms with Crippen molar-refractivity contribution < 1.29 is 22.7 Å². The molecule has 3 aromatic carbocycles. The maximum Gasteiger partial charge on any atom is 0.264 e. The highest BCUT2D eigenvalue weighted by atomic mass is 32.2. The van der Waals surface area contributed by atoms with Crippen molar-refractivity contribution in [3.8, 4) is 5.75 Å². The first-order chi connectivity index (χ1) is 18.3. The van der Waals surface area contributed by atoms with Gasteiger partial charge in [-0.1, -0.05) is 55.5 Å². The van der Waals surface area contributed by atoms with E-state index in [1.807, 2.05) is 44.2 Å². The molecule has 0 aliphatic heterocycles. The van der Waals surface area contributed by atoms with Gasteiger partial charge in [0.25, 0.3) is 10.0 Å². The molecule has 3 aromatic rings. The molecular weight excluding hydrogens is 502 g/mol. The van der Waals surface area contributed by atoms with E-state index in [1.54, 1.807) is 42.5 Å². The first-order valence-electron chi connectivity index (χ1n) is 12.7. The number of carbonyl (C=O) groups excluding carboxylic acids is 2. The molecule has 38 heavy (non-hydrogen) atoms. The summed E-state index contributed by atoms with van der Waals surface area (Å²) in [6, 6.07) is 23.5. The molecule has 202 valence electrons. The zero-order valence-corrected chi connectivity index (χ0v) is 22.9. The van der Waals surface area contributed by atoms with Gasteiger partial charge in [0.1, 0.15) is 18.3 Å². The van der Waals surface area contributed by atoms with Crippen LogP contribution in [-0.4, -0.2) is 57.9 Å². The van der Waals surface area contributed by atoms with E-state index in [0.29, 0.717) is 30.9 Å². The van der Waals surface area contributed by atoms with Crippen LogP contribution in [-0.2, 0) is 26.0 Å². The molecule has 0 aliphatic carbocycles. The summed E-state index contributed by atoms with van der Waals surface area (Å²) in [5.41, 5.74) is 1.37. The molecule has 0 spiro atoms. The Morgan fingerprint density at radius 3 is 2.05 bits per heavy atom. The smallest absolute Gasteiger partial charge is 0.264 e. The lowest BCUT2D eigenvalue weighted by molar-refractivity contribution is -0.139. The fraction of sp³-hybridized carbons (Fsp3) is 0.310.